The number of nitrogens with zero attached hydrogens (tertiary/aromatic N) is 2. The summed E-state index contributed by atoms with van der Waals surface area (Å²) in [5.74, 6) is -2.00. The molecule has 0 bridgehead atoms. The van der Waals surface area contributed by atoms with Gasteiger partial charge >= 0.3 is 12.0 Å². The number of imide groups is 1. The van der Waals surface area contributed by atoms with E-state index in [1.807, 2.05) is 0 Å². The highest BCUT2D eigenvalue weighted by Gasteiger charge is 2.31. The van der Waals surface area contributed by atoms with Gasteiger partial charge in [0.15, 0.2) is 0 Å². The van der Waals surface area contributed by atoms with Crippen LogP contribution in [-0.4, -0.2) is 39.4 Å². The van der Waals surface area contributed by atoms with Crippen LogP contribution >= 0.6 is 0 Å². The summed E-state index contributed by atoms with van der Waals surface area (Å²) in [6.07, 6.45) is 0. The molecule has 1 aromatic rings. The summed E-state index contributed by atoms with van der Waals surface area (Å²) in [5, 5.41) is 22.2. The summed E-state index contributed by atoms with van der Waals surface area (Å²) in [7, 11) is 0. The lowest BCUT2D eigenvalue weighted by molar-refractivity contribution is -0.385. The highest BCUT2D eigenvalue weighted by atomic mass is 16.6. The molecule has 1 fully saturated rings. The van der Waals surface area contributed by atoms with Crippen LogP contribution in [0.2, 0.25) is 0 Å². The molecule has 1 aliphatic heterocycles. The number of nitrogens with one attached hydrogen (secondary N) is 1. The summed E-state index contributed by atoms with van der Waals surface area (Å²) in [6.45, 7) is -0.496. The van der Waals surface area contributed by atoms with Crippen molar-refractivity contribution in [3.63, 3.8) is 0 Å². The third-order valence-electron chi connectivity index (χ3n) is 2.80. The first-order valence-electron chi connectivity index (χ1n) is 5.49. The first kappa shape index (κ1) is 13.5. The molecule has 0 unspecified atom stereocenters. The monoisotopic (exact) mass is 279 g/mol. The third-order valence-corrected chi connectivity index (χ3v) is 2.80. The van der Waals surface area contributed by atoms with Crippen LogP contribution in [0.15, 0.2) is 18.2 Å². The topological polar surface area (TPSA) is 130 Å². The molecule has 0 aromatic heterocycles. The SMILES string of the molecule is O=C(O)c1c(CN2C(=O)CNC2=O)cccc1[N+](=O)[O-]. The Bertz CT molecular complexity index is 611. The second-order valence-corrected chi connectivity index (χ2v) is 4.01. The number of hydrogen-bond acceptors (Lipinski definition) is 5. The Hall–Kier alpha value is -2.97. The third kappa shape index (κ3) is 2.28. The molecule has 0 atom stereocenters. The molecular formula is C11H9N3O6. The molecular weight excluding hydrogens is 270 g/mol. The maximum atomic E-state index is 11.5. The number of benzene rings is 1. The molecule has 2 N–H and O–H groups in total. The number of carbonyl (C=O) groups is 3. The lowest BCUT2D eigenvalue weighted by atomic mass is 10.0. The Morgan fingerprint density at radius 2 is 2.15 bits per heavy atom. The molecule has 9 nitrogen and oxygen atoms in total. The van der Waals surface area contributed by atoms with Crippen molar-refractivity contribution in [3.8, 4) is 0 Å². The maximum absolute atomic E-state index is 11.5. The van der Waals surface area contributed by atoms with Gasteiger partial charge in [-0.3, -0.25) is 19.8 Å². The average Bonchev–Trinajstić information content (AvgIpc) is 2.70. The minimum atomic E-state index is -1.49. The standard InChI is InChI=1S/C11H9N3O6/c15-8-4-12-11(18)13(8)5-6-2-1-3-7(14(19)20)9(6)10(16)17/h1-3H,4-5H2,(H,12,18)(H,16,17). The van der Waals surface area contributed by atoms with Crippen molar-refractivity contribution < 1.29 is 24.4 Å². The number of urea groups is 1. The largest absolute Gasteiger partial charge is 0.477 e. The summed E-state index contributed by atoms with van der Waals surface area (Å²) in [6, 6.07) is 3.03. The fraction of sp³-hybridized carbons (Fsp3) is 0.182. The van der Waals surface area contributed by atoms with Crippen LogP contribution in [0.3, 0.4) is 0 Å². The first-order chi connectivity index (χ1) is 9.41. The average molecular weight is 279 g/mol. The van der Waals surface area contributed by atoms with Crippen LogP contribution < -0.4 is 5.32 Å². The Balaban J connectivity index is 2.44. The summed E-state index contributed by atoms with van der Waals surface area (Å²) in [4.78, 5) is 44.8. The van der Waals surface area contributed by atoms with Crippen LogP contribution in [0.4, 0.5) is 10.5 Å². The van der Waals surface area contributed by atoms with E-state index >= 15 is 0 Å². The number of carboxylic acid groups (broad SMARTS) is 1. The van der Waals surface area contributed by atoms with Crippen molar-refractivity contribution in [3.05, 3.63) is 39.4 Å². The summed E-state index contributed by atoms with van der Waals surface area (Å²) >= 11 is 0. The number of nitro benzene ring substituents is 1. The van der Waals surface area contributed by atoms with Gasteiger partial charge < -0.3 is 10.4 Å². The summed E-state index contributed by atoms with van der Waals surface area (Å²) in [5.41, 5.74) is -1.08. The van der Waals surface area contributed by atoms with Gasteiger partial charge in [-0.1, -0.05) is 12.1 Å². The smallest absolute Gasteiger partial charge is 0.343 e. The van der Waals surface area contributed by atoms with E-state index in [0.29, 0.717) is 0 Å². The van der Waals surface area contributed by atoms with Crippen molar-refractivity contribution in [1.29, 1.82) is 0 Å². The number of carboxylic acids is 1. The van der Waals surface area contributed by atoms with Crippen LogP contribution in [0, 0.1) is 10.1 Å². The van der Waals surface area contributed by atoms with Crippen molar-refractivity contribution >= 4 is 23.6 Å². The van der Waals surface area contributed by atoms with Crippen molar-refractivity contribution in [2.24, 2.45) is 0 Å². The highest BCUT2D eigenvalue weighted by Crippen LogP contribution is 2.24. The van der Waals surface area contributed by atoms with E-state index in [-0.39, 0.29) is 18.7 Å². The predicted octanol–water partition coefficient (Wildman–Crippen LogP) is 0.345. The predicted molar refractivity (Wildman–Crippen MR) is 64.0 cm³/mol. The zero-order chi connectivity index (χ0) is 14.9. The van der Waals surface area contributed by atoms with E-state index in [1.54, 1.807) is 0 Å². The minimum Gasteiger partial charge on any atom is -0.477 e. The van der Waals surface area contributed by atoms with Crippen LogP contribution in [0.25, 0.3) is 0 Å². The Morgan fingerprint density at radius 3 is 2.65 bits per heavy atom. The second-order valence-electron chi connectivity index (χ2n) is 4.01. The van der Waals surface area contributed by atoms with Gasteiger partial charge in [0.2, 0.25) is 5.91 Å². The molecule has 3 amide bonds. The zero-order valence-electron chi connectivity index (χ0n) is 10.0. The first-order valence-corrected chi connectivity index (χ1v) is 5.49. The van der Waals surface area contributed by atoms with Gasteiger partial charge in [0, 0.05) is 6.07 Å². The van der Waals surface area contributed by atoms with Gasteiger partial charge in [0.25, 0.3) is 5.69 Å². The fourth-order valence-electron chi connectivity index (χ4n) is 1.90. The molecule has 20 heavy (non-hydrogen) atoms. The van der Waals surface area contributed by atoms with Gasteiger partial charge in [-0.15, -0.1) is 0 Å². The van der Waals surface area contributed by atoms with E-state index in [4.69, 9.17) is 5.11 Å². The molecule has 1 heterocycles. The van der Waals surface area contributed by atoms with E-state index in [0.717, 1.165) is 11.0 Å². The normalized spacial score (nSPS) is 14.3. The molecule has 1 aromatic carbocycles. The quantitative estimate of drug-likeness (QED) is 0.464. The van der Waals surface area contributed by atoms with Crippen LogP contribution in [0.5, 0.6) is 0 Å². The van der Waals surface area contributed by atoms with Crippen LogP contribution in [-0.2, 0) is 11.3 Å². The summed E-state index contributed by atoms with van der Waals surface area (Å²) < 4.78 is 0. The molecule has 2 rings (SSSR count). The van der Waals surface area contributed by atoms with Gasteiger partial charge in [0.1, 0.15) is 5.56 Å². The van der Waals surface area contributed by atoms with Gasteiger partial charge in [-0.25, -0.2) is 9.59 Å². The molecule has 1 saturated heterocycles. The number of aromatic carboxylic acids is 1. The number of nitro groups is 1. The second kappa shape index (κ2) is 4.96. The molecule has 9 heteroatoms. The van der Waals surface area contributed by atoms with E-state index in [2.05, 4.69) is 5.32 Å². The molecule has 104 valence electrons. The number of carbonyl (C=O) groups excluding carboxylic acids is 2. The van der Waals surface area contributed by atoms with Crippen molar-refractivity contribution in [1.82, 2.24) is 10.2 Å². The number of rotatable bonds is 4. The Morgan fingerprint density at radius 1 is 1.45 bits per heavy atom. The number of hydrogen-bond donors (Lipinski definition) is 2. The van der Waals surface area contributed by atoms with Crippen molar-refractivity contribution in [2.75, 3.05) is 6.54 Å². The van der Waals surface area contributed by atoms with Crippen molar-refractivity contribution in [2.45, 2.75) is 6.54 Å². The van der Waals surface area contributed by atoms with E-state index < -0.39 is 34.1 Å². The van der Waals surface area contributed by atoms with E-state index in [9.17, 15) is 24.5 Å². The van der Waals surface area contributed by atoms with Crippen LogP contribution in [0.1, 0.15) is 15.9 Å². The Kier molecular flexibility index (Phi) is 3.34. The lowest BCUT2D eigenvalue weighted by Gasteiger charge is -2.14. The molecule has 0 saturated carbocycles. The molecule has 0 aliphatic carbocycles. The minimum absolute atomic E-state index is 0.0251. The van der Waals surface area contributed by atoms with Gasteiger partial charge in [0.05, 0.1) is 18.0 Å². The van der Waals surface area contributed by atoms with Gasteiger partial charge in [-0.05, 0) is 5.56 Å². The molecule has 0 radical (unpaired) electrons. The maximum Gasteiger partial charge on any atom is 0.343 e. The fourth-order valence-corrected chi connectivity index (χ4v) is 1.90. The molecule has 0 spiro atoms. The van der Waals surface area contributed by atoms with Gasteiger partial charge in [-0.2, -0.15) is 0 Å². The Labute approximate surface area is 111 Å². The lowest BCUT2D eigenvalue weighted by Crippen LogP contribution is -2.31. The zero-order valence-corrected chi connectivity index (χ0v) is 10.0. The van der Waals surface area contributed by atoms with E-state index in [1.165, 1.54) is 12.1 Å². The molecule has 1 aliphatic rings. The number of amides is 3. The highest BCUT2D eigenvalue weighted by molar-refractivity contribution is 6.02.